The van der Waals surface area contributed by atoms with Gasteiger partial charge in [-0.2, -0.15) is 0 Å². The predicted octanol–water partition coefficient (Wildman–Crippen LogP) is 2.62. The van der Waals surface area contributed by atoms with Crippen LogP contribution in [-0.4, -0.2) is 139 Å². The van der Waals surface area contributed by atoms with Crippen molar-refractivity contribution >= 4 is 34.5 Å². The highest BCUT2D eigenvalue weighted by Gasteiger charge is 2.51. The average molecular weight is 748 g/mol. The van der Waals surface area contributed by atoms with Crippen molar-refractivity contribution in [2.24, 2.45) is 7.05 Å². The standard InChI is InChI=1S/C42H49N7O6/c1-3-18-47-29-39(53)48-36(25-31-12-15-33(51)16-13-31)42(55)46(28-37(48)49(47)38(52)17-14-30-8-5-4-6-9-30)26-32-10-7-11-34-35(27-43(2)40(32)34)41(54)45-21-19-44(20-22-45)23-24-50/h3-13,15-16,27,36-37,50-51H,1,14,17-26,28-29H2,2H3/t36-,37-/m0/s1. The van der Waals surface area contributed by atoms with Crippen molar-refractivity contribution < 1.29 is 29.4 Å². The molecule has 0 spiro atoms. The molecule has 4 amide bonds. The fraction of sp³-hybridized carbons (Fsp3) is 0.381. The predicted molar refractivity (Wildman–Crippen MR) is 207 cm³/mol. The number of aliphatic hydroxyl groups excluding tert-OH is 1. The van der Waals surface area contributed by atoms with E-state index >= 15 is 0 Å². The second-order valence-corrected chi connectivity index (χ2v) is 14.6. The van der Waals surface area contributed by atoms with Gasteiger partial charge in [-0.25, -0.2) is 10.0 Å². The minimum Gasteiger partial charge on any atom is -0.508 e. The molecule has 13 heteroatoms. The van der Waals surface area contributed by atoms with Crippen molar-refractivity contribution in [3.05, 3.63) is 114 Å². The van der Waals surface area contributed by atoms with Gasteiger partial charge < -0.3 is 29.5 Å². The van der Waals surface area contributed by atoms with Crippen LogP contribution in [0.15, 0.2) is 91.6 Å². The zero-order chi connectivity index (χ0) is 38.6. The van der Waals surface area contributed by atoms with Crippen LogP contribution in [0.25, 0.3) is 10.9 Å². The topological polar surface area (TPSA) is 133 Å². The summed E-state index contributed by atoms with van der Waals surface area (Å²) >= 11 is 0. The molecule has 0 bridgehead atoms. The smallest absolute Gasteiger partial charge is 0.256 e. The van der Waals surface area contributed by atoms with E-state index < -0.39 is 12.2 Å². The Bertz CT molecular complexity index is 2040. The quantitative estimate of drug-likeness (QED) is 0.212. The number of phenols is 1. The number of hydrogen-bond acceptors (Lipinski definition) is 8. The van der Waals surface area contributed by atoms with E-state index in [1.54, 1.807) is 50.2 Å². The molecule has 4 heterocycles. The van der Waals surface area contributed by atoms with Gasteiger partial charge in [0, 0.05) is 77.3 Å². The molecule has 13 nitrogen and oxygen atoms in total. The van der Waals surface area contributed by atoms with Gasteiger partial charge in [0.25, 0.3) is 5.91 Å². The molecule has 3 aliphatic heterocycles. The molecule has 3 aromatic carbocycles. The second kappa shape index (κ2) is 16.5. The largest absolute Gasteiger partial charge is 0.508 e. The number of carbonyl (C=O) groups excluding carboxylic acids is 4. The summed E-state index contributed by atoms with van der Waals surface area (Å²) in [5, 5.41) is 23.5. The fourth-order valence-corrected chi connectivity index (χ4v) is 8.31. The van der Waals surface area contributed by atoms with Gasteiger partial charge in [0.05, 0.1) is 30.8 Å². The number of aromatic nitrogens is 1. The van der Waals surface area contributed by atoms with Crippen LogP contribution >= 0.6 is 0 Å². The zero-order valence-electron chi connectivity index (χ0n) is 31.3. The van der Waals surface area contributed by atoms with E-state index in [-0.39, 0.29) is 75.0 Å². The second-order valence-electron chi connectivity index (χ2n) is 14.6. The molecule has 2 N–H and O–H groups in total. The van der Waals surface area contributed by atoms with Gasteiger partial charge in [-0.3, -0.25) is 24.1 Å². The molecule has 2 atom stereocenters. The molecule has 3 aliphatic rings. The summed E-state index contributed by atoms with van der Waals surface area (Å²) in [6.45, 7) is 7.58. The molecule has 0 unspecified atom stereocenters. The number of aromatic hydroxyl groups is 1. The number of aryl methyl sites for hydroxylation is 2. The summed E-state index contributed by atoms with van der Waals surface area (Å²) in [5.74, 6) is -0.607. The van der Waals surface area contributed by atoms with E-state index in [4.69, 9.17) is 0 Å². The Morgan fingerprint density at radius 2 is 1.67 bits per heavy atom. The Balaban J connectivity index is 1.21. The van der Waals surface area contributed by atoms with E-state index in [2.05, 4.69) is 11.5 Å². The Morgan fingerprint density at radius 1 is 0.927 bits per heavy atom. The molecule has 55 heavy (non-hydrogen) atoms. The number of β-amino-alcohol motifs (C(OH)–C–C–N with tert-alkyl or cyclic N) is 1. The molecule has 0 saturated carbocycles. The molecular formula is C42H49N7O6. The Hall–Kier alpha value is -5.50. The van der Waals surface area contributed by atoms with Gasteiger partial charge >= 0.3 is 0 Å². The van der Waals surface area contributed by atoms with E-state index in [1.165, 1.54) is 0 Å². The molecule has 0 radical (unpaired) electrons. The van der Waals surface area contributed by atoms with E-state index in [0.29, 0.717) is 44.7 Å². The third kappa shape index (κ3) is 7.86. The first-order valence-corrected chi connectivity index (χ1v) is 19.0. The molecule has 3 fully saturated rings. The SMILES string of the molecule is C=CCN1CC(=O)N2[C@@H](Cc3ccc(O)cc3)C(=O)N(Cc3cccc4c(C(=O)N5CCN(CCO)CC5)cn(C)c34)C[C@@H]2N1C(=O)CCc1ccccc1. The van der Waals surface area contributed by atoms with Crippen LogP contribution in [0.2, 0.25) is 0 Å². The maximum atomic E-state index is 14.7. The Kier molecular flexibility index (Phi) is 11.3. The highest BCUT2D eigenvalue weighted by Crippen LogP contribution is 2.32. The first kappa shape index (κ1) is 37.8. The van der Waals surface area contributed by atoms with Crippen LogP contribution in [0.4, 0.5) is 0 Å². The lowest BCUT2D eigenvalue weighted by molar-refractivity contribution is -0.205. The third-order valence-electron chi connectivity index (χ3n) is 11.0. The number of aliphatic hydroxyl groups is 1. The van der Waals surface area contributed by atoms with Crippen LogP contribution in [0.5, 0.6) is 5.75 Å². The lowest BCUT2D eigenvalue weighted by Crippen LogP contribution is -2.75. The van der Waals surface area contributed by atoms with Crippen LogP contribution < -0.4 is 0 Å². The maximum Gasteiger partial charge on any atom is 0.256 e. The number of para-hydroxylation sites is 1. The molecule has 1 aromatic heterocycles. The number of piperazine rings is 2. The Morgan fingerprint density at radius 3 is 2.38 bits per heavy atom. The number of hydrogen-bond donors (Lipinski definition) is 2. The molecule has 0 aliphatic carbocycles. The molecule has 3 saturated heterocycles. The van der Waals surface area contributed by atoms with Crippen molar-refractivity contribution in [1.29, 1.82) is 0 Å². The number of fused-ring (bicyclic) bond motifs is 2. The van der Waals surface area contributed by atoms with Crippen LogP contribution in [0.3, 0.4) is 0 Å². The summed E-state index contributed by atoms with van der Waals surface area (Å²) in [4.78, 5) is 64.2. The molecule has 288 valence electrons. The lowest BCUT2D eigenvalue weighted by Gasteiger charge is -2.55. The number of benzene rings is 3. The first-order valence-electron chi connectivity index (χ1n) is 19.0. The van der Waals surface area contributed by atoms with Crippen molar-refractivity contribution in [2.45, 2.75) is 38.0 Å². The van der Waals surface area contributed by atoms with Gasteiger partial charge in [0.1, 0.15) is 18.0 Å². The van der Waals surface area contributed by atoms with Crippen LogP contribution in [-0.2, 0) is 40.8 Å². The van der Waals surface area contributed by atoms with E-state index in [0.717, 1.165) is 27.6 Å². The molecule has 4 aromatic rings. The third-order valence-corrected chi connectivity index (χ3v) is 11.0. The number of nitrogens with zero attached hydrogens (tertiary/aromatic N) is 7. The Labute approximate surface area is 321 Å². The highest BCUT2D eigenvalue weighted by atomic mass is 16.3. The number of amides is 4. The summed E-state index contributed by atoms with van der Waals surface area (Å²) in [6, 6.07) is 21.3. The van der Waals surface area contributed by atoms with Crippen LogP contribution in [0.1, 0.15) is 33.5 Å². The van der Waals surface area contributed by atoms with Gasteiger partial charge in [0.2, 0.25) is 17.7 Å². The summed E-state index contributed by atoms with van der Waals surface area (Å²) in [5.41, 5.74) is 4.05. The van der Waals surface area contributed by atoms with Gasteiger partial charge in [-0.15, -0.1) is 6.58 Å². The van der Waals surface area contributed by atoms with Gasteiger partial charge in [-0.1, -0.05) is 66.7 Å². The minimum absolute atomic E-state index is 0.0577. The number of carbonyl (C=O) groups is 4. The van der Waals surface area contributed by atoms with Gasteiger partial charge in [-0.05, 0) is 35.2 Å². The van der Waals surface area contributed by atoms with Crippen molar-refractivity contribution in [3.63, 3.8) is 0 Å². The monoisotopic (exact) mass is 747 g/mol. The molecular weight excluding hydrogens is 699 g/mol. The van der Waals surface area contributed by atoms with Crippen molar-refractivity contribution in [3.8, 4) is 5.75 Å². The summed E-state index contributed by atoms with van der Waals surface area (Å²) in [7, 11) is 1.90. The number of hydrazine groups is 1. The van der Waals surface area contributed by atoms with E-state index in [9.17, 15) is 29.4 Å². The summed E-state index contributed by atoms with van der Waals surface area (Å²) < 4.78 is 1.93. The van der Waals surface area contributed by atoms with Gasteiger partial charge in [0.15, 0.2) is 0 Å². The first-order chi connectivity index (χ1) is 26.7. The zero-order valence-corrected chi connectivity index (χ0v) is 31.3. The maximum absolute atomic E-state index is 14.7. The lowest BCUT2D eigenvalue weighted by atomic mass is 9.97. The number of rotatable bonds is 12. The van der Waals surface area contributed by atoms with Crippen molar-refractivity contribution in [2.75, 3.05) is 59.0 Å². The average Bonchev–Trinajstić information content (AvgIpc) is 3.53. The van der Waals surface area contributed by atoms with Crippen LogP contribution in [0, 0.1) is 0 Å². The highest BCUT2D eigenvalue weighted by molar-refractivity contribution is 6.07. The number of phenolic OH excluding ortho intramolecular Hbond substituents is 1. The molecule has 7 rings (SSSR count). The van der Waals surface area contributed by atoms with E-state index in [1.807, 2.05) is 71.2 Å². The fourth-order valence-electron chi connectivity index (χ4n) is 8.31. The normalized spacial score (nSPS) is 19.6. The summed E-state index contributed by atoms with van der Waals surface area (Å²) in [6.07, 6.45) is 3.69. The minimum atomic E-state index is -0.902. The van der Waals surface area contributed by atoms with Crippen molar-refractivity contribution in [1.82, 2.24) is 34.2 Å².